The first-order valence-corrected chi connectivity index (χ1v) is 3.55. The SMILES string of the molecule is Oc1ccc(F)cc1[C@@H](O)C(F)(F)F. The van der Waals surface area contributed by atoms with Crippen LogP contribution >= 0.6 is 0 Å². The summed E-state index contributed by atoms with van der Waals surface area (Å²) < 4.78 is 48.4. The number of alkyl halides is 3. The minimum Gasteiger partial charge on any atom is -0.508 e. The molecule has 0 aromatic heterocycles. The number of rotatable bonds is 1. The third-order valence-corrected chi connectivity index (χ3v) is 1.59. The molecule has 1 atom stereocenters. The molecule has 6 heteroatoms. The van der Waals surface area contributed by atoms with Gasteiger partial charge in [0.15, 0.2) is 6.10 Å². The zero-order valence-electron chi connectivity index (χ0n) is 6.72. The highest BCUT2D eigenvalue weighted by atomic mass is 19.4. The summed E-state index contributed by atoms with van der Waals surface area (Å²) in [5, 5.41) is 17.7. The minimum absolute atomic E-state index is 0.438. The van der Waals surface area contributed by atoms with E-state index in [1.165, 1.54) is 0 Å². The molecule has 1 aromatic rings. The molecule has 2 nitrogen and oxygen atoms in total. The van der Waals surface area contributed by atoms with Crippen molar-refractivity contribution in [2.75, 3.05) is 0 Å². The van der Waals surface area contributed by atoms with Crippen molar-refractivity contribution >= 4 is 0 Å². The Morgan fingerprint density at radius 3 is 2.29 bits per heavy atom. The van der Waals surface area contributed by atoms with Crippen LogP contribution in [0, 0.1) is 5.82 Å². The lowest BCUT2D eigenvalue weighted by atomic mass is 10.1. The molecule has 0 aliphatic heterocycles. The van der Waals surface area contributed by atoms with Crippen LogP contribution in [0.1, 0.15) is 11.7 Å². The number of hydrogen-bond donors (Lipinski definition) is 2. The quantitative estimate of drug-likeness (QED) is 0.697. The Morgan fingerprint density at radius 1 is 1.21 bits per heavy atom. The van der Waals surface area contributed by atoms with Crippen molar-refractivity contribution in [2.45, 2.75) is 12.3 Å². The predicted octanol–water partition coefficient (Wildman–Crippen LogP) is 2.13. The summed E-state index contributed by atoms with van der Waals surface area (Å²) in [6.07, 6.45) is -7.80. The lowest BCUT2D eigenvalue weighted by Crippen LogP contribution is -2.20. The van der Waals surface area contributed by atoms with Gasteiger partial charge in [0, 0.05) is 5.56 Å². The number of hydrogen-bond acceptors (Lipinski definition) is 2. The first kappa shape index (κ1) is 10.8. The Labute approximate surface area is 76.4 Å². The number of aliphatic hydroxyl groups excluding tert-OH is 1. The summed E-state index contributed by atoms with van der Waals surface area (Å²) in [7, 11) is 0. The third kappa shape index (κ3) is 2.14. The van der Waals surface area contributed by atoms with Gasteiger partial charge in [-0.3, -0.25) is 0 Å². The van der Waals surface area contributed by atoms with Gasteiger partial charge in [-0.2, -0.15) is 13.2 Å². The largest absolute Gasteiger partial charge is 0.508 e. The molecular weight excluding hydrogens is 204 g/mol. The number of phenols is 1. The van der Waals surface area contributed by atoms with Crippen molar-refractivity contribution in [3.05, 3.63) is 29.6 Å². The molecule has 0 amide bonds. The molecule has 14 heavy (non-hydrogen) atoms. The first-order valence-electron chi connectivity index (χ1n) is 3.55. The van der Waals surface area contributed by atoms with Crippen LogP contribution in [-0.4, -0.2) is 16.4 Å². The van der Waals surface area contributed by atoms with Gasteiger partial charge in [-0.05, 0) is 18.2 Å². The Balaban J connectivity index is 3.12. The van der Waals surface area contributed by atoms with Crippen molar-refractivity contribution in [3.8, 4) is 5.75 Å². The van der Waals surface area contributed by atoms with E-state index in [4.69, 9.17) is 10.2 Å². The average Bonchev–Trinajstić information content (AvgIpc) is 2.06. The Kier molecular flexibility index (Phi) is 2.66. The fourth-order valence-electron chi connectivity index (χ4n) is 0.921. The maximum atomic E-state index is 12.5. The molecule has 0 aliphatic rings. The van der Waals surface area contributed by atoms with Crippen LogP contribution in [-0.2, 0) is 0 Å². The van der Waals surface area contributed by atoms with Crippen LogP contribution < -0.4 is 0 Å². The van der Waals surface area contributed by atoms with Crippen LogP contribution in [0.4, 0.5) is 17.6 Å². The van der Waals surface area contributed by atoms with E-state index in [2.05, 4.69) is 0 Å². The molecule has 0 aliphatic carbocycles. The van der Waals surface area contributed by atoms with Gasteiger partial charge in [-0.15, -0.1) is 0 Å². The summed E-state index contributed by atoms with van der Waals surface area (Å²) in [5.74, 6) is -1.75. The molecule has 1 aromatic carbocycles. The Hall–Kier alpha value is -1.30. The maximum absolute atomic E-state index is 12.5. The van der Waals surface area contributed by atoms with Crippen LogP contribution in [0.5, 0.6) is 5.75 Å². The summed E-state index contributed by atoms with van der Waals surface area (Å²) in [4.78, 5) is 0. The number of halogens is 4. The van der Waals surface area contributed by atoms with Crippen molar-refractivity contribution in [1.82, 2.24) is 0 Å². The van der Waals surface area contributed by atoms with Crippen molar-refractivity contribution in [2.24, 2.45) is 0 Å². The van der Waals surface area contributed by atoms with E-state index in [0.717, 1.165) is 12.1 Å². The molecule has 0 heterocycles. The van der Waals surface area contributed by atoms with E-state index < -0.39 is 29.4 Å². The van der Waals surface area contributed by atoms with E-state index in [1.807, 2.05) is 0 Å². The Morgan fingerprint density at radius 2 is 1.79 bits per heavy atom. The van der Waals surface area contributed by atoms with E-state index in [-0.39, 0.29) is 0 Å². The Bertz CT molecular complexity index is 335. The molecule has 0 saturated heterocycles. The fourth-order valence-corrected chi connectivity index (χ4v) is 0.921. The average molecular weight is 210 g/mol. The van der Waals surface area contributed by atoms with Gasteiger partial charge in [0.05, 0.1) is 0 Å². The zero-order chi connectivity index (χ0) is 10.9. The van der Waals surface area contributed by atoms with Gasteiger partial charge < -0.3 is 10.2 Å². The maximum Gasteiger partial charge on any atom is 0.418 e. The van der Waals surface area contributed by atoms with Crippen LogP contribution in [0.2, 0.25) is 0 Å². The standard InChI is InChI=1S/C8H6F4O2/c9-4-1-2-6(13)5(3-4)7(14)8(10,11)12/h1-3,7,13-14H/t7-/m1/s1. The number of benzene rings is 1. The summed E-state index contributed by atoms with van der Waals surface area (Å²) in [6.45, 7) is 0. The molecule has 2 N–H and O–H groups in total. The van der Waals surface area contributed by atoms with Crippen molar-refractivity contribution < 1.29 is 27.8 Å². The minimum atomic E-state index is -4.93. The highest BCUT2D eigenvalue weighted by molar-refractivity contribution is 5.34. The fraction of sp³-hybridized carbons (Fsp3) is 0.250. The lowest BCUT2D eigenvalue weighted by Gasteiger charge is -2.15. The van der Waals surface area contributed by atoms with Crippen LogP contribution in [0.3, 0.4) is 0 Å². The predicted molar refractivity (Wildman–Crippen MR) is 39.1 cm³/mol. The molecule has 0 saturated carbocycles. The van der Waals surface area contributed by atoms with E-state index in [1.54, 1.807) is 0 Å². The second-order valence-corrected chi connectivity index (χ2v) is 2.65. The number of phenolic OH excluding ortho intramolecular Hbond substituents is 1. The number of aliphatic hydroxyl groups is 1. The summed E-state index contributed by atoms with van der Waals surface area (Å²) in [5.41, 5.74) is -0.891. The van der Waals surface area contributed by atoms with Crippen LogP contribution in [0.25, 0.3) is 0 Å². The van der Waals surface area contributed by atoms with Gasteiger partial charge >= 0.3 is 6.18 Å². The number of aromatic hydroxyl groups is 1. The molecular formula is C8H6F4O2. The topological polar surface area (TPSA) is 40.5 Å². The van der Waals surface area contributed by atoms with Crippen molar-refractivity contribution in [1.29, 1.82) is 0 Å². The summed E-state index contributed by atoms with van der Waals surface area (Å²) >= 11 is 0. The van der Waals surface area contributed by atoms with E-state index in [0.29, 0.717) is 6.07 Å². The van der Waals surface area contributed by atoms with Gasteiger partial charge in [0.2, 0.25) is 0 Å². The summed E-state index contributed by atoms with van der Waals surface area (Å²) in [6, 6.07) is 1.98. The zero-order valence-corrected chi connectivity index (χ0v) is 6.72. The molecule has 0 bridgehead atoms. The second-order valence-electron chi connectivity index (χ2n) is 2.65. The second kappa shape index (κ2) is 3.45. The molecule has 0 unspecified atom stereocenters. The molecule has 0 spiro atoms. The van der Waals surface area contributed by atoms with E-state index >= 15 is 0 Å². The first-order chi connectivity index (χ1) is 6.32. The third-order valence-electron chi connectivity index (χ3n) is 1.59. The van der Waals surface area contributed by atoms with Crippen LogP contribution in [0.15, 0.2) is 18.2 Å². The lowest BCUT2D eigenvalue weighted by molar-refractivity contribution is -0.207. The van der Waals surface area contributed by atoms with Crippen molar-refractivity contribution in [3.63, 3.8) is 0 Å². The monoisotopic (exact) mass is 210 g/mol. The smallest absolute Gasteiger partial charge is 0.418 e. The van der Waals surface area contributed by atoms with Gasteiger partial charge in [-0.1, -0.05) is 0 Å². The van der Waals surface area contributed by atoms with Gasteiger partial charge in [0.1, 0.15) is 11.6 Å². The molecule has 78 valence electrons. The highest BCUT2D eigenvalue weighted by Gasteiger charge is 2.40. The van der Waals surface area contributed by atoms with Gasteiger partial charge in [0.25, 0.3) is 0 Å². The highest BCUT2D eigenvalue weighted by Crippen LogP contribution is 2.36. The van der Waals surface area contributed by atoms with Gasteiger partial charge in [-0.25, -0.2) is 4.39 Å². The molecule has 0 fully saturated rings. The molecule has 0 radical (unpaired) electrons. The van der Waals surface area contributed by atoms with E-state index in [9.17, 15) is 17.6 Å². The molecule has 1 rings (SSSR count). The normalized spacial score (nSPS) is 14.1.